The average molecular weight is 206 g/mol. The van der Waals surface area contributed by atoms with Gasteiger partial charge in [0, 0.05) is 0 Å². The van der Waals surface area contributed by atoms with E-state index in [0.717, 1.165) is 16.7 Å². The van der Waals surface area contributed by atoms with Crippen LogP contribution in [0.3, 0.4) is 0 Å². The van der Waals surface area contributed by atoms with Crippen LogP contribution in [0.25, 0.3) is 0 Å². The summed E-state index contributed by atoms with van der Waals surface area (Å²) in [7, 11) is 0. The fourth-order valence-electron chi connectivity index (χ4n) is 1.75. The van der Waals surface area contributed by atoms with Crippen molar-refractivity contribution in [3.63, 3.8) is 0 Å². The summed E-state index contributed by atoms with van der Waals surface area (Å²) in [6.07, 6.45) is 0. The van der Waals surface area contributed by atoms with Crippen LogP contribution in [0.15, 0.2) is 12.1 Å². The number of carboxylic acid groups (broad SMARTS) is 1. The predicted octanol–water partition coefficient (Wildman–Crippen LogP) is 2.97. The third-order valence-corrected chi connectivity index (χ3v) is 3.05. The van der Waals surface area contributed by atoms with Crippen LogP contribution in [0.5, 0.6) is 0 Å². The first-order valence-electron chi connectivity index (χ1n) is 5.08. The van der Waals surface area contributed by atoms with E-state index in [2.05, 4.69) is 6.07 Å². The van der Waals surface area contributed by atoms with E-state index in [1.165, 1.54) is 5.56 Å². The Morgan fingerprint density at radius 3 is 2.00 bits per heavy atom. The fourth-order valence-corrected chi connectivity index (χ4v) is 1.75. The molecule has 0 fully saturated rings. The zero-order valence-electron chi connectivity index (χ0n) is 10.0. The lowest BCUT2D eigenvalue weighted by molar-refractivity contribution is -0.142. The number of hydrogen-bond donors (Lipinski definition) is 1. The number of rotatable bonds is 2. The number of benzene rings is 1. The smallest absolute Gasteiger partial charge is 0.313 e. The van der Waals surface area contributed by atoms with Gasteiger partial charge in [0.15, 0.2) is 0 Å². The lowest BCUT2D eigenvalue weighted by Gasteiger charge is -2.23. The maximum atomic E-state index is 11.2. The van der Waals surface area contributed by atoms with Gasteiger partial charge in [-0.1, -0.05) is 12.1 Å². The molecule has 0 amide bonds. The van der Waals surface area contributed by atoms with Gasteiger partial charge in [0.25, 0.3) is 0 Å². The fraction of sp³-hybridized carbons (Fsp3) is 0.462. The van der Waals surface area contributed by atoms with Crippen LogP contribution in [0.2, 0.25) is 0 Å². The van der Waals surface area contributed by atoms with E-state index in [-0.39, 0.29) is 0 Å². The minimum Gasteiger partial charge on any atom is -0.481 e. The van der Waals surface area contributed by atoms with Gasteiger partial charge in [-0.15, -0.1) is 0 Å². The van der Waals surface area contributed by atoms with Gasteiger partial charge in [-0.25, -0.2) is 0 Å². The Kier molecular flexibility index (Phi) is 2.89. The molecule has 1 aromatic rings. The van der Waals surface area contributed by atoms with Gasteiger partial charge in [0.1, 0.15) is 0 Å². The third-order valence-electron chi connectivity index (χ3n) is 3.05. The Balaban J connectivity index is 3.38. The number of aliphatic carboxylic acids is 1. The molecule has 0 aliphatic carbocycles. The summed E-state index contributed by atoms with van der Waals surface area (Å²) in [6.45, 7) is 9.50. The molecule has 0 saturated carbocycles. The first kappa shape index (κ1) is 11.8. The third kappa shape index (κ3) is 2.04. The van der Waals surface area contributed by atoms with Crippen LogP contribution in [0.4, 0.5) is 0 Å². The average Bonchev–Trinajstić information content (AvgIpc) is 2.10. The maximum Gasteiger partial charge on any atom is 0.313 e. The molecule has 0 aliphatic heterocycles. The van der Waals surface area contributed by atoms with Crippen molar-refractivity contribution in [2.75, 3.05) is 0 Å². The van der Waals surface area contributed by atoms with Crippen molar-refractivity contribution in [3.05, 3.63) is 34.4 Å². The van der Waals surface area contributed by atoms with E-state index in [9.17, 15) is 9.90 Å². The number of carboxylic acids is 1. The van der Waals surface area contributed by atoms with E-state index in [1.807, 2.05) is 26.8 Å². The van der Waals surface area contributed by atoms with Gasteiger partial charge in [-0.05, 0) is 56.9 Å². The molecule has 0 radical (unpaired) electrons. The second-order valence-electron chi connectivity index (χ2n) is 4.68. The highest BCUT2D eigenvalue weighted by Crippen LogP contribution is 2.28. The van der Waals surface area contributed by atoms with Crippen molar-refractivity contribution < 1.29 is 9.90 Å². The van der Waals surface area contributed by atoms with Gasteiger partial charge < -0.3 is 5.11 Å². The lowest BCUT2D eigenvalue weighted by Crippen LogP contribution is -2.29. The van der Waals surface area contributed by atoms with Crippen LogP contribution < -0.4 is 0 Å². The van der Waals surface area contributed by atoms with Crippen LogP contribution in [-0.4, -0.2) is 11.1 Å². The van der Waals surface area contributed by atoms with E-state index in [0.29, 0.717) is 0 Å². The molecule has 0 unspecified atom stereocenters. The van der Waals surface area contributed by atoms with Crippen molar-refractivity contribution in [1.29, 1.82) is 0 Å². The second-order valence-corrected chi connectivity index (χ2v) is 4.68. The number of carbonyl (C=O) groups is 1. The zero-order chi connectivity index (χ0) is 11.8. The monoisotopic (exact) mass is 206 g/mol. The molecule has 1 aromatic carbocycles. The van der Waals surface area contributed by atoms with Gasteiger partial charge in [-0.2, -0.15) is 0 Å². The summed E-state index contributed by atoms with van der Waals surface area (Å²) in [5.74, 6) is -0.783. The van der Waals surface area contributed by atoms with E-state index in [4.69, 9.17) is 0 Å². The van der Waals surface area contributed by atoms with E-state index < -0.39 is 11.4 Å². The van der Waals surface area contributed by atoms with Crippen LogP contribution in [0.1, 0.15) is 36.1 Å². The van der Waals surface area contributed by atoms with Crippen molar-refractivity contribution >= 4 is 5.97 Å². The molecule has 0 heterocycles. The molecule has 0 aliphatic rings. The SMILES string of the molecule is Cc1cc(C)c(C(C)(C)C(=O)O)cc1C. The predicted molar refractivity (Wildman–Crippen MR) is 61.3 cm³/mol. The maximum absolute atomic E-state index is 11.2. The summed E-state index contributed by atoms with van der Waals surface area (Å²) < 4.78 is 0. The van der Waals surface area contributed by atoms with Crippen molar-refractivity contribution in [2.45, 2.75) is 40.0 Å². The molecule has 0 aromatic heterocycles. The Labute approximate surface area is 90.9 Å². The highest BCUT2D eigenvalue weighted by molar-refractivity contribution is 5.81. The van der Waals surface area contributed by atoms with E-state index in [1.54, 1.807) is 13.8 Å². The van der Waals surface area contributed by atoms with Gasteiger partial charge >= 0.3 is 5.97 Å². The first-order chi connectivity index (χ1) is 6.76. The summed E-state index contributed by atoms with van der Waals surface area (Å²) in [5.41, 5.74) is 3.48. The van der Waals surface area contributed by atoms with Gasteiger partial charge in [0.05, 0.1) is 5.41 Å². The van der Waals surface area contributed by atoms with Crippen LogP contribution in [0, 0.1) is 20.8 Å². The topological polar surface area (TPSA) is 37.3 Å². The molecule has 0 saturated heterocycles. The molecule has 0 spiro atoms. The highest BCUT2D eigenvalue weighted by Gasteiger charge is 2.31. The van der Waals surface area contributed by atoms with Crippen LogP contribution in [-0.2, 0) is 10.2 Å². The largest absolute Gasteiger partial charge is 0.481 e. The summed E-state index contributed by atoms with van der Waals surface area (Å²) in [6, 6.07) is 4.04. The normalized spacial score (nSPS) is 11.5. The minimum absolute atomic E-state index is 0.783. The van der Waals surface area contributed by atoms with Crippen LogP contribution >= 0.6 is 0 Å². The molecule has 1 N–H and O–H groups in total. The molecular weight excluding hydrogens is 188 g/mol. The van der Waals surface area contributed by atoms with Gasteiger partial charge in [-0.3, -0.25) is 4.79 Å². The van der Waals surface area contributed by atoms with Crippen molar-refractivity contribution in [1.82, 2.24) is 0 Å². The molecule has 0 atom stereocenters. The lowest BCUT2D eigenvalue weighted by atomic mass is 9.80. The molecular formula is C13H18O2. The number of hydrogen-bond acceptors (Lipinski definition) is 1. The molecule has 0 bridgehead atoms. The molecule has 1 rings (SSSR count). The molecule has 15 heavy (non-hydrogen) atoms. The Bertz CT molecular complexity index is 403. The van der Waals surface area contributed by atoms with Gasteiger partial charge in [0.2, 0.25) is 0 Å². The van der Waals surface area contributed by atoms with Crippen molar-refractivity contribution in [3.8, 4) is 0 Å². The Hall–Kier alpha value is -1.31. The molecule has 2 nitrogen and oxygen atoms in total. The zero-order valence-corrected chi connectivity index (χ0v) is 10.0. The summed E-state index contributed by atoms with van der Waals surface area (Å²) >= 11 is 0. The highest BCUT2D eigenvalue weighted by atomic mass is 16.4. The summed E-state index contributed by atoms with van der Waals surface area (Å²) in [4.78, 5) is 11.2. The Morgan fingerprint density at radius 2 is 1.53 bits per heavy atom. The quantitative estimate of drug-likeness (QED) is 0.807. The second kappa shape index (κ2) is 3.69. The minimum atomic E-state index is -0.817. The first-order valence-corrected chi connectivity index (χ1v) is 5.08. The van der Waals surface area contributed by atoms with E-state index >= 15 is 0 Å². The Morgan fingerprint density at radius 1 is 1.07 bits per heavy atom. The summed E-state index contributed by atoms with van der Waals surface area (Å²) in [5, 5.41) is 9.18. The molecule has 82 valence electrons. The molecule has 2 heteroatoms. The standard InChI is InChI=1S/C13H18O2/c1-8-6-10(3)11(7-9(8)2)13(4,5)12(14)15/h6-7H,1-5H3,(H,14,15). The van der Waals surface area contributed by atoms with Crippen molar-refractivity contribution in [2.24, 2.45) is 0 Å². The number of aryl methyl sites for hydroxylation is 3.